The van der Waals surface area contributed by atoms with Crippen molar-refractivity contribution in [3.63, 3.8) is 0 Å². The van der Waals surface area contributed by atoms with E-state index in [1.807, 2.05) is 30.3 Å². The van der Waals surface area contributed by atoms with E-state index in [1.54, 1.807) is 14.2 Å². The van der Waals surface area contributed by atoms with Crippen LogP contribution in [-0.2, 0) is 5.41 Å². The largest absolute Gasteiger partial charge is 0.493 e. The summed E-state index contributed by atoms with van der Waals surface area (Å²) in [7, 11) is 5.54. The Morgan fingerprint density at radius 1 is 1.13 bits per heavy atom. The lowest BCUT2D eigenvalue weighted by Gasteiger charge is -2.42. The number of likely N-dealkylation sites (N-methyl/N-ethyl adjacent to an activating group) is 1. The molecule has 31 heavy (non-hydrogen) atoms. The van der Waals surface area contributed by atoms with Crippen LogP contribution >= 0.6 is 22.6 Å². The zero-order valence-electron chi connectivity index (χ0n) is 18.3. The van der Waals surface area contributed by atoms with Crippen molar-refractivity contribution in [1.29, 1.82) is 0 Å². The van der Waals surface area contributed by atoms with Gasteiger partial charge in [0.1, 0.15) is 0 Å². The van der Waals surface area contributed by atoms with Crippen molar-refractivity contribution in [2.24, 2.45) is 5.92 Å². The Balaban J connectivity index is 1.47. The molecule has 4 rings (SSSR count). The third-order valence-corrected chi connectivity index (χ3v) is 7.49. The van der Waals surface area contributed by atoms with Crippen LogP contribution in [0.15, 0.2) is 42.5 Å². The maximum atomic E-state index is 12.6. The Morgan fingerprint density at radius 3 is 2.58 bits per heavy atom. The van der Waals surface area contributed by atoms with E-state index in [2.05, 4.69) is 57.3 Å². The van der Waals surface area contributed by atoms with Gasteiger partial charge in [-0.15, -0.1) is 0 Å². The highest BCUT2D eigenvalue weighted by Crippen LogP contribution is 2.49. The van der Waals surface area contributed by atoms with Gasteiger partial charge in [0.05, 0.1) is 14.2 Å². The number of carbonyl (C=O) groups excluding carboxylic acids is 1. The smallest absolute Gasteiger partial charge is 0.319 e. The third-order valence-electron chi connectivity index (χ3n) is 6.77. The Bertz CT molecular complexity index is 936. The molecule has 1 saturated carbocycles. The maximum Gasteiger partial charge on any atom is 0.319 e. The molecule has 2 fully saturated rings. The van der Waals surface area contributed by atoms with Crippen LogP contribution in [-0.4, -0.2) is 51.3 Å². The van der Waals surface area contributed by atoms with Crippen LogP contribution in [0.1, 0.15) is 24.8 Å². The van der Waals surface area contributed by atoms with E-state index in [4.69, 9.17) is 9.47 Å². The lowest BCUT2D eigenvalue weighted by atomic mass is 9.63. The van der Waals surface area contributed by atoms with E-state index in [9.17, 15) is 4.79 Å². The Morgan fingerprint density at radius 2 is 1.87 bits per heavy atom. The van der Waals surface area contributed by atoms with Gasteiger partial charge in [-0.2, -0.15) is 0 Å². The zero-order chi connectivity index (χ0) is 22.0. The maximum absolute atomic E-state index is 12.6. The number of carbonyl (C=O) groups is 1. The van der Waals surface area contributed by atoms with Crippen LogP contribution in [0, 0.1) is 9.49 Å². The van der Waals surface area contributed by atoms with Gasteiger partial charge in [0.2, 0.25) is 0 Å². The second kappa shape index (κ2) is 9.24. The molecule has 2 aromatic rings. The van der Waals surface area contributed by atoms with Crippen molar-refractivity contribution in [2.45, 2.75) is 30.7 Å². The second-order valence-electron chi connectivity index (χ2n) is 8.70. The fraction of sp³-hybridized carbons (Fsp3) is 0.458. The molecule has 2 aromatic carbocycles. The number of nitrogens with zero attached hydrogens (tertiary/aromatic N) is 1. The van der Waals surface area contributed by atoms with E-state index >= 15 is 0 Å². The number of likely N-dealkylation sites (tertiary alicyclic amines) is 1. The molecule has 166 valence electrons. The van der Waals surface area contributed by atoms with Gasteiger partial charge in [-0.3, -0.25) is 0 Å². The highest BCUT2D eigenvalue weighted by molar-refractivity contribution is 14.1. The van der Waals surface area contributed by atoms with Crippen molar-refractivity contribution < 1.29 is 14.3 Å². The predicted octanol–water partition coefficient (Wildman–Crippen LogP) is 4.48. The summed E-state index contributed by atoms with van der Waals surface area (Å²) >= 11 is 2.26. The number of hydrogen-bond acceptors (Lipinski definition) is 4. The first kappa shape index (κ1) is 22.2. The molecule has 2 aliphatic rings. The minimum Gasteiger partial charge on any atom is -0.493 e. The minimum atomic E-state index is -0.129. The van der Waals surface area contributed by atoms with Crippen molar-refractivity contribution in [2.75, 3.05) is 39.7 Å². The number of ether oxygens (including phenoxy) is 2. The number of nitrogens with one attached hydrogen (secondary N) is 2. The number of amides is 2. The summed E-state index contributed by atoms with van der Waals surface area (Å²) in [6, 6.07) is 14.2. The molecular formula is C24H30IN3O3. The SMILES string of the molecule is COc1ccc([C@@]23CC[C@@H](NC(=O)Nc4ccc(I)cc4)C[C@@H]2CN(C)C3)cc1OC. The number of halogens is 1. The fourth-order valence-corrected chi connectivity index (χ4v) is 5.70. The lowest BCUT2D eigenvalue weighted by molar-refractivity contribution is 0.197. The summed E-state index contributed by atoms with van der Waals surface area (Å²) < 4.78 is 12.2. The Labute approximate surface area is 197 Å². The normalized spacial score (nSPS) is 25.5. The molecule has 0 aromatic heterocycles. The summed E-state index contributed by atoms with van der Waals surface area (Å²) in [5.74, 6) is 2.01. The van der Waals surface area contributed by atoms with Gasteiger partial charge in [-0.25, -0.2) is 4.79 Å². The first-order chi connectivity index (χ1) is 14.9. The summed E-state index contributed by atoms with van der Waals surface area (Å²) in [6.45, 7) is 2.06. The minimum absolute atomic E-state index is 0.0824. The molecule has 2 N–H and O–H groups in total. The molecule has 0 unspecified atom stereocenters. The van der Waals surface area contributed by atoms with Crippen LogP contribution in [0.2, 0.25) is 0 Å². The molecule has 0 bridgehead atoms. The van der Waals surface area contributed by atoms with E-state index in [1.165, 1.54) is 5.56 Å². The molecule has 1 aliphatic heterocycles. The van der Waals surface area contributed by atoms with Crippen LogP contribution in [0.5, 0.6) is 11.5 Å². The van der Waals surface area contributed by atoms with E-state index in [0.717, 1.165) is 53.1 Å². The zero-order valence-corrected chi connectivity index (χ0v) is 20.4. The van der Waals surface area contributed by atoms with Crippen molar-refractivity contribution in [3.8, 4) is 11.5 Å². The van der Waals surface area contributed by atoms with Crippen molar-refractivity contribution >= 4 is 34.3 Å². The van der Waals surface area contributed by atoms with Gasteiger partial charge in [-0.05, 0) is 96.8 Å². The molecule has 1 saturated heterocycles. The Hall–Kier alpha value is -2.00. The first-order valence-electron chi connectivity index (χ1n) is 10.7. The molecule has 3 atom stereocenters. The highest BCUT2D eigenvalue weighted by Gasteiger charge is 2.50. The third kappa shape index (κ3) is 4.62. The van der Waals surface area contributed by atoms with Crippen LogP contribution in [0.25, 0.3) is 0 Å². The molecule has 6 nitrogen and oxygen atoms in total. The van der Waals surface area contributed by atoms with Crippen molar-refractivity contribution in [3.05, 3.63) is 51.6 Å². The standard InChI is InChI=1S/C24H30IN3O3/c1-28-14-17-12-20(27-23(29)26-19-7-5-18(25)6-8-19)10-11-24(17,15-28)16-4-9-21(30-2)22(13-16)31-3/h4-9,13,17,20H,10-12,14-15H2,1-3H3,(H2,26,27,29)/t17-,20-,24+/m1/s1. The number of rotatable bonds is 5. The number of fused-ring (bicyclic) bond motifs is 1. The van der Waals surface area contributed by atoms with Crippen molar-refractivity contribution in [1.82, 2.24) is 10.2 Å². The van der Waals surface area contributed by atoms with Gasteiger partial charge in [0, 0.05) is 33.8 Å². The monoisotopic (exact) mass is 535 g/mol. The van der Waals surface area contributed by atoms with Crippen LogP contribution in [0.4, 0.5) is 10.5 Å². The van der Waals surface area contributed by atoms with E-state index in [-0.39, 0.29) is 17.5 Å². The summed E-state index contributed by atoms with van der Waals surface area (Å²) in [6.07, 6.45) is 2.96. The summed E-state index contributed by atoms with van der Waals surface area (Å²) in [5, 5.41) is 6.16. The number of benzene rings is 2. The highest BCUT2D eigenvalue weighted by atomic mass is 127. The van der Waals surface area contributed by atoms with Gasteiger partial charge >= 0.3 is 6.03 Å². The number of anilines is 1. The molecule has 1 heterocycles. The van der Waals surface area contributed by atoms with Gasteiger partial charge < -0.3 is 25.0 Å². The predicted molar refractivity (Wildman–Crippen MR) is 131 cm³/mol. The van der Waals surface area contributed by atoms with Gasteiger partial charge in [-0.1, -0.05) is 6.07 Å². The fourth-order valence-electron chi connectivity index (χ4n) is 5.34. The Kier molecular flexibility index (Phi) is 6.62. The van der Waals surface area contributed by atoms with E-state index < -0.39 is 0 Å². The molecule has 0 radical (unpaired) electrons. The average molecular weight is 535 g/mol. The number of urea groups is 1. The molecular weight excluding hydrogens is 505 g/mol. The summed E-state index contributed by atoms with van der Waals surface area (Å²) in [5.41, 5.74) is 2.20. The second-order valence-corrected chi connectivity index (χ2v) is 9.94. The van der Waals surface area contributed by atoms with E-state index in [0.29, 0.717) is 5.92 Å². The topological polar surface area (TPSA) is 62.8 Å². The van der Waals surface area contributed by atoms with Crippen LogP contribution in [0.3, 0.4) is 0 Å². The average Bonchev–Trinajstić information content (AvgIpc) is 3.11. The first-order valence-corrected chi connectivity index (χ1v) is 11.8. The number of hydrogen-bond donors (Lipinski definition) is 2. The molecule has 0 spiro atoms. The molecule has 1 aliphatic carbocycles. The van der Waals surface area contributed by atoms with Gasteiger partial charge in [0.15, 0.2) is 11.5 Å². The quantitative estimate of drug-likeness (QED) is 0.555. The van der Waals surface area contributed by atoms with Crippen LogP contribution < -0.4 is 20.1 Å². The lowest BCUT2D eigenvalue weighted by Crippen LogP contribution is -2.48. The number of methoxy groups -OCH3 is 2. The summed E-state index contributed by atoms with van der Waals surface area (Å²) in [4.78, 5) is 15.0. The molecule has 7 heteroatoms. The van der Waals surface area contributed by atoms with Gasteiger partial charge in [0.25, 0.3) is 0 Å². The molecule has 2 amide bonds.